The van der Waals surface area contributed by atoms with Crippen molar-refractivity contribution < 1.29 is 69.0 Å². The minimum absolute atomic E-state index is 0.0340. The van der Waals surface area contributed by atoms with E-state index in [9.17, 15) is 40.5 Å². The van der Waals surface area contributed by atoms with Crippen LogP contribution in [0.15, 0.2) is 97.2 Å². The van der Waals surface area contributed by atoms with Gasteiger partial charge in [0.25, 0.3) is 0 Å². The fourth-order valence-corrected chi connectivity index (χ4v) is 7.80. The zero-order valence-electron chi connectivity index (χ0n) is 43.2. The van der Waals surface area contributed by atoms with E-state index in [1.54, 1.807) is 0 Å². The Bertz CT molecular complexity index is 1540. The van der Waals surface area contributed by atoms with E-state index >= 15 is 0 Å². The molecule has 2 aliphatic rings. The minimum atomic E-state index is -1.72. The molecule has 0 spiro atoms. The molecule has 2 fully saturated rings. The van der Waals surface area contributed by atoms with Crippen LogP contribution in [-0.2, 0) is 33.2 Å². The molecule has 71 heavy (non-hydrogen) atoms. The highest BCUT2D eigenvalue weighted by molar-refractivity contribution is 5.69. The molecule has 0 aromatic carbocycles. The van der Waals surface area contributed by atoms with E-state index in [-0.39, 0.29) is 19.6 Å². The van der Waals surface area contributed by atoms with Crippen molar-refractivity contribution in [1.82, 2.24) is 0 Å². The molecule has 2 saturated heterocycles. The Hall–Kier alpha value is -3.09. The molecule has 11 atom stereocenters. The summed E-state index contributed by atoms with van der Waals surface area (Å²) in [6, 6.07) is 0. The number of hydrogen-bond acceptors (Lipinski definition) is 14. The lowest BCUT2D eigenvalue weighted by molar-refractivity contribution is -0.332. The third-order valence-electron chi connectivity index (χ3n) is 12.1. The van der Waals surface area contributed by atoms with Crippen LogP contribution in [0.3, 0.4) is 0 Å². The number of rotatable bonds is 41. The molecule has 7 N–H and O–H groups in total. The Morgan fingerprint density at radius 2 is 0.873 bits per heavy atom. The van der Waals surface area contributed by atoms with Crippen LogP contribution < -0.4 is 0 Å². The van der Waals surface area contributed by atoms with Gasteiger partial charge in [-0.25, -0.2) is 0 Å². The van der Waals surface area contributed by atoms with Crippen LogP contribution in [0.2, 0.25) is 0 Å². The topological polar surface area (TPSA) is 214 Å². The SMILES string of the molecule is CC/C=C\C/C=C\C/C=C\C/C=C\CCCCCCCCCCCOCC(COC1OC(COC2OC(CO)C(O)C(O)C2O)C(O)C(O)C1O)OC(=O)CCCC/C=C\C/C=C\C/C=C\C/C=C\CC. The van der Waals surface area contributed by atoms with Crippen LogP contribution in [0.5, 0.6) is 0 Å². The van der Waals surface area contributed by atoms with Crippen LogP contribution >= 0.6 is 0 Å². The number of ether oxygens (including phenoxy) is 6. The van der Waals surface area contributed by atoms with Gasteiger partial charge in [-0.2, -0.15) is 0 Å². The summed E-state index contributed by atoms with van der Waals surface area (Å²) in [5.74, 6) is -0.423. The highest BCUT2D eigenvalue weighted by atomic mass is 16.7. The normalized spacial score (nSPS) is 26.1. The first kappa shape index (κ1) is 64.0. The minimum Gasteiger partial charge on any atom is -0.457 e. The molecule has 0 aromatic rings. The quantitative estimate of drug-likeness (QED) is 0.0174. The predicted molar refractivity (Wildman–Crippen MR) is 279 cm³/mol. The van der Waals surface area contributed by atoms with Crippen molar-refractivity contribution in [2.45, 2.75) is 223 Å². The Kier molecular flexibility index (Phi) is 39.1. The lowest BCUT2D eigenvalue weighted by Gasteiger charge is -2.42. The molecular weight excluding hydrogens is 909 g/mol. The van der Waals surface area contributed by atoms with Crippen molar-refractivity contribution in [3.63, 3.8) is 0 Å². The van der Waals surface area contributed by atoms with Gasteiger partial charge >= 0.3 is 5.97 Å². The molecule has 11 unspecified atom stereocenters. The molecule has 0 aromatic heterocycles. The molecule has 0 saturated carbocycles. The van der Waals surface area contributed by atoms with E-state index < -0.39 is 86.7 Å². The summed E-state index contributed by atoms with van der Waals surface area (Å²) in [7, 11) is 0. The molecule has 0 aliphatic carbocycles. The zero-order valence-corrected chi connectivity index (χ0v) is 43.2. The Labute approximate surface area is 426 Å². The molecule has 406 valence electrons. The van der Waals surface area contributed by atoms with E-state index in [1.807, 2.05) is 0 Å². The van der Waals surface area contributed by atoms with Gasteiger partial charge in [-0.1, -0.05) is 156 Å². The van der Waals surface area contributed by atoms with Crippen LogP contribution in [0.1, 0.15) is 155 Å². The first-order valence-corrected chi connectivity index (χ1v) is 26.8. The standard InChI is InChI=1S/C57H94O14/c1-3-5-7-9-11-13-15-17-19-20-21-22-23-24-25-27-29-31-33-35-37-39-41-66-43-46(69-49(59)40-38-36-34-32-30-28-26-18-16-14-12-10-8-6-4-2)44-67-56-55(65)53(63)51(61)48(71-56)45-68-57-54(64)52(62)50(60)47(42-58)70-57/h5-8,11-14,17-19,21-22,26,30,32,46-48,50-58,60-65H,3-4,9-10,15-16,20,23-25,27-29,31,33-45H2,1-2H3/b7-5-,8-6-,13-11-,14-12-,19-17-,22-21-,26-18-,32-30-. The van der Waals surface area contributed by atoms with Gasteiger partial charge in [-0.3, -0.25) is 4.79 Å². The molecule has 0 amide bonds. The number of carbonyl (C=O) groups excluding carboxylic acids is 1. The zero-order chi connectivity index (χ0) is 51.6. The molecule has 14 heteroatoms. The van der Waals surface area contributed by atoms with Gasteiger partial charge in [-0.05, 0) is 89.9 Å². The number of hydrogen-bond donors (Lipinski definition) is 7. The fraction of sp³-hybridized carbons (Fsp3) is 0.702. The summed E-state index contributed by atoms with van der Waals surface area (Å²) in [6.45, 7) is 3.36. The van der Waals surface area contributed by atoms with Crippen LogP contribution in [0.25, 0.3) is 0 Å². The number of aliphatic hydroxyl groups is 7. The molecule has 2 heterocycles. The Balaban J connectivity index is 1.76. The van der Waals surface area contributed by atoms with Crippen molar-refractivity contribution in [2.24, 2.45) is 0 Å². The summed E-state index contributed by atoms with van der Waals surface area (Å²) in [5, 5.41) is 72.2. The van der Waals surface area contributed by atoms with E-state index in [4.69, 9.17) is 28.4 Å². The molecule has 2 aliphatic heterocycles. The van der Waals surface area contributed by atoms with E-state index in [0.29, 0.717) is 13.0 Å². The molecular formula is C57H94O14. The summed E-state index contributed by atoms with van der Waals surface area (Å²) < 4.78 is 34.3. The lowest BCUT2D eigenvalue weighted by Crippen LogP contribution is -2.61. The van der Waals surface area contributed by atoms with Crippen molar-refractivity contribution in [3.8, 4) is 0 Å². The third-order valence-corrected chi connectivity index (χ3v) is 12.1. The van der Waals surface area contributed by atoms with Gasteiger partial charge in [0.15, 0.2) is 12.6 Å². The summed E-state index contributed by atoms with van der Waals surface area (Å²) in [4.78, 5) is 13.0. The second kappa shape index (κ2) is 43.3. The average molecular weight is 1000 g/mol. The highest BCUT2D eigenvalue weighted by Crippen LogP contribution is 2.26. The van der Waals surface area contributed by atoms with Gasteiger partial charge in [0.05, 0.1) is 26.4 Å². The third kappa shape index (κ3) is 30.6. The van der Waals surface area contributed by atoms with Crippen molar-refractivity contribution in [3.05, 3.63) is 97.2 Å². The average Bonchev–Trinajstić information content (AvgIpc) is 3.37. The van der Waals surface area contributed by atoms with Crippen LogP contribution in [0, 0.1) is 0 Å². The second-order valence-electron chi connectivity index (χ2n) is 18.3. The maximum Gasteiger partial charge on any atom is 0.306 e. The number of esters is 1. The largest absolute Gasteiger partial charge is 0.457 e. The number of unbranched alkanes of at least 4 members (excludes halogenated alkanes) is 11. The maximum absolute atomic E-state index is 13.0. The van der Waals surface area contributed by atoms with Gasteiger partial charge in [0.1, 0.15) is 54.9 Å². The van der Waals surface area contributed by atoms with E-state index in [2.05, 4.69) is 111 Å². The fourth-order valence-electron chi connectivity index (χ4n) is 7.80. The van der Waals surface area contributed by atoms with Crippen LogP contribution in [0.4, 0.5) is 0 Å². The summed E-state index contributed by atoms with van der Waals surface area (Å²) in [6.07, 6.45) is 40.4. The molecule has 14 nitrogen and oxygen atoms in total. The Morgan fingerprint density at radius 3 is 1.37 bits per heavy atom. The van der Waals surface area contributed by atoms with E-state index in [0.717, 1.165) is 89.9 Å². The van der Waals surface area contributed by atoms with Crippen LogP contribution in [-0.4, -0.2) is 142 Å². The van der Waals surface area contributed by atoms with Gasteiger partial charge in [0, 0.05) is 13.0 Å². The van der Waals surface area contributed by atoms with Gasteiger partial charge in [-0.15, -0.1) is 0 Å². The maximum atomic E-state index is 13.0. The Morgan fingerprint density at radius 1 is 0.465 bits per heavy atom. The summed E-state index contributed by atoms with van der Waals surface area (Å²) >= 11 is 0. The first-order valence-electron chi connectivity index (χ1n) is 26.8. The summed E-state index contributed by atoms with van der Waals surface area (Å²) in [5.41, 5.74) is 0. The van der Waals surface area contributed by atoms with E-state index in [1.165, 1.54) is 38.5 Å². The second-order valence-corrected chi connectivity index (χ2v) is 18.3. The highest BCUT2D eigenvalue weighted by Gasteiger charge is 2.47. The molecule has 2 rings (SSSR count). The smallest absolute Gasteiger partial charge is 0.306 e. The first-order chi connectivity index (χ1) is 34.6. The monoisotopic (exact) mass is 1000 g/mol. The number of aliphatic hydroxyl groups excluding tert-OH is 7. The van der Waals surface area contributed by atoms with Crippen molar-refractivity contribution in [1.29, 1.82) is 0 Å². The van der Waals surface area contributed by atoms with Crippen molar-refractivity contribution >= 4 is 5.97 Å². The lowest BCUT2D eigenvalue weighted by atomic mass is 9.98. The molecule has 0 radical (unpaired) electrons. The number of carbonyl (C=O) groups is 1. The molecule has 0 bridgehead atoms. The van der Waals surface area contributed by atoms with Gasteiger partial charge in [0.2, 0.25) is 0 Å². The van der Waals surface area contributed by atoms with Gasteiger partial charge < -0.3 is 64.2 Å². The predicted octanol–water partition coefficient (Wildman–Crippen LogP) is 8.63. The van der Waals surface area contributed by atoms with Crippen molar-refractivity contribution in [2.75, 3.05) is 33.0 Å². The number of allylic oxidation sites excluding steroid dienone is 16.